The van der Waals surface area contributed by atoms with Crippen molar-refractivity contribution in [2.45, 2.75) is 0 Å². The first-order chi connectivity index (χ1) is 13.6. The Morgan fingerprint density at radius 2 is 2.00 bits per heavy atom. The van der Waals surface area contributed by atoms with Crippen LogP contribution in [0.25, 0.3) is 6.08 Å². The van der Waals surface area contributed by atoms with Crippen molar-refractivity contribution in [3.05, 3.63) is 45.9 Å². The molecule has 4 rings (SSSR count). The Labute approximate surface area is 169 Å². The van der Waals surface area contributed by atoms with Crippen molar-refractivity contribution in [2.24, 2.45) is 0 Å². The molecular formula is C18H17N5O3S2. The molecule has 0 radical (unpaired) electrons. The largest absolute Gasteiger partial charge is 0.352 e. The Morgan fingerprint density at radius 3 is 2.68 bits per heavy atom. The third-order valence-corrected chi connectivity index (χ3v) is 6.22. The van der Waals surface area contributed by atoms with E-state index in [1.54, 1.807) is 29.6 Å². The minimum absolute atomic E-state index is 0.224. The van der Waals surface area contributed by atoms with Gasteiger partial charge in [0, 0.05) is 43.4 Å². The number of hydrogen-bond acceptors (Lipinski definition) is 8. The van der Waals surface area contributed by atoms with Gasteiger partial charge in [-0.2, -0.15) is 0 Å². The lowest BCUT2D eigenvalue weighted by Crippen LogP contribution is -2.51. The molecule has 0 bridgehead atoms. The van der Waals surface area contributed by atoms with E-state index in [1.165, 1.54) is 11.3 Å². The number of rotatable bonds is 4. The van der Waals surface area contributed by atoms with E-state index in [2.05, 4.69) is 14.9 Å². The van der Waals surface area contributed by atoms with Crippen molar-refractivity contribution in [1.29, 1.82) is 0 Å². The van der Waals surface area contributed by atoms with Crippen molar-refractivity contribution in [3.63, 3.8) is 0 Å². The number of anilines is 1. The highest BCUT2D eigenvalue weighted by molar-refractivity contribution is 8.18. The molecule has 0 unspecified atom stereocenters. The third-order valence-electron chi connectivity index (χ3n) is 4.49. The molecule has 2 saturated heterocycles. The molecule has 2 aromatic heterocycles. The zero-order chi connectivity index (χ0) is 19.5. The molecule has 2 aromatic rings. The molecule has 0 N–H and O–H groups in total. The number of imide groups is 1. The SMILES string of the molecule is O=C(CN1C(=O)S/C(=C/c2cccs2)C1=O)N1CCN(c2cnccn2)CC1. The van der Waals surface area contributed by atoms with Gasteiger partial charge in [-0.25, -0.2) is 4.98 Å². The molecule has 0 aromatic carbocycles. The van der Waals surface area contributed by atoms with Crippen LogP contribution >= 0.6 is 23.1 Å². The van der Waals surface area contributed by atoms with E-state index < -0.39 is 11.1 Å². The second-order valence-corrected chi connectivity index (χ2v) is 8.19. The summed E-state index contributed by atoms with van der Waals surface area (Å²) < 4.78 is 0. The fraction of sp³-hybridized carbons (Fsp3) is 0.278. The summed E-state index contributed by atoms with van der Waals surface area (Å²) in [5, 5.41) is 1.50. The van der Waals surface area contributed by atoms with Crippen LogP contribution in [-0.2, 0) is 9.59 Å². The Morgan fingerprint density at radius 1 is 1.18 bits per heavy atom. The molecule has 8 nitrogen and oxygen atoms in total. The van der Waals surface area contributed by atoms with Gasteiger partial charge in [0.15, 0.2) is 0 Å². The van der Waals surface area contributed by atoms with Crippen LogP contribution in [-0.4, -0.2) is 69.5 Å². The monoisotopic (exact) mass is 415 g/mol. The average Bonchev–Trinajstić information content (AvgIpc) is 3.33. The normalized spacial score (nSPS) is 19.0. The number of hydrogen-bond donors (Lipinski definition) is 0. The van der Waals surface area contributed by atoms with Crippen LogP contribution in [0.2, 0.25) is 0 Å². The van der Waals surface area contributed by atoms with Crippen LogP contribution in [0.4, 0.5) is 10.6 Å². The number of aromatic nitrogens is 2. The fourth-order valence-electron chi connectivity index (χ4n) is 3.01. The number of amides is 3. The second kappa shape index (κ2) is 8.11. The van der Waals surface area contributed by atoms with E-state index in [-0.39, 0.29) is 12.5 Å². The lowest BCUT2D eigenvalue weighted by atomic mass is 10.3. The Balaban J connectivity index is 1.35. The first-order valence-electron chi connectivity index (χ1n) is 8.69. The first kappa shape index (κ1) is 18.6. The average molecular weight is 416 g/mol. The molecule has 0 saturated carbocycles. The van der Waals surface area contributed by atoms with Crippen LogP contribution in [0.1, 0.15) is 4.88 Å². The van der Waals surface area contributed by atoms with Gasteiger partial charge in [-0.05, 0) is 29.3 Å². The smallest absolute Gasteiger partial charge is 0.294 e. The van der Waals surface area contributed by atoms with Gasteiger partial charge in [0.1, 0.15) is 12.4 Å². The van der Waals surface area contributed by atoms with Crippen molar-refractivity contribution in [1.82, 2.24) is 19.8 Å². The van der Waals surface area contributed by atoms with Crippen LogP contribution in [0.5, 0.6) is 0 Å². The summed E-state index contributed by atoms with van der Waals surface area (Å²) in [5.41, 5.74) is 0. The van der Waals surface area contributed by atoms with Crippen LogP contribution in [0.3, 0.4) is 0 Å². The standard InChI is InChI=1S/C18H17N5O3S2/c24-16(22-7-5-21(6-8-22)15-11-19-3-4-20-15)12-23-17(25)14(28-18(23)26)10-13-2-1-9-27-13/h1-4,9-11H,5-8,12H2/b14-10+. The van der Waals surface area contributed by atoms with Gasteiger partial charge in [0.25, 0.3) is 11.1 Å². The molecule has 2 aliphatic rings. The quantitative estimate of drug-likeness (QED) is 0.705. The van der Waals surface area contributed by atoms with Gasteiger partial charge >= 0.3 is 0 Å². The molecule has 10 heteroatoms. The fourth-order valence-corrected chi connectivity index (χ4v) is 4.57. The number of thioether (sulfide) groups is 1. The molecule has 3 amide bonds. The number of carbonyl (C=O) groups excluding carboxylic acids is 3. The number of thiophene rings is 1. The number of piperazine rings is 1. The van der Waals surface area contributed by atoms with Gasteiger partial charge < -0.3 is 9.80 Å². The molecule has 28 heavy (non-hydrogen) atoms. The van der Waals surface area contributed by atoms with E-state index in [4.69, 9.17) is 0 Å². The minimum Gasteiger partial charge on any atom is -0.352 e. The Bertz CT molecular complexity index is 909. The van der Waals surface area contributed by atoms with E-state index in [9.17, 15) is 14.4 Å². The minimum atomic E-state index is -0.407. The summed E-state index contributed by atoms with van der Waals surface area (Å²) in [5.74, 6) is 0.146. The summed E-state index contributed by atoms with van der Waals surface area (Å²) in [6, 6.07) is 3.76. The molecule has 0 spiro atoms. The number of nitrogens with zero attached hydrogens (tertiary/aromatic N) is 5. The Kier molecular flexibility index (Phi) is 5.40. The first-order valence-corrected chi connectivity index (χ1v) is 10.4. The van der Waals surface area contributed by atoms with Gasteiger partial charge in [-0.3, -0.25) is 24.3 Å². The van der Waals surface area contributed by atoms with Crippen molar-refractivity contribution >= 4 is 52.0 Å². The molecule has 2 fully saturated rings. The molecule has 4 heterocycles. The predicted molar refractivity (Wildman–Crippen MR) is 108 cm³/mol. The van der Waals surface area contributed by atoms with Crippen LogP contribution in [0.15, 0.2) is 41.0 Å². The van der Waals surface area contributed by atoms with E-state index in [0.29, 0.717) is 31.1 Å². The highest BCUT2D eigenvalue weighted by Gasteiger charge is 2.37. The maximum atomic E-state index is 12.6. The molecule has 0 atom stereocenters. The molecule has 2 aliphatic heterocycles. The number of carbonyl (C=O) groups is 3. The van der Waals surface area contributed by atoms with Gasteiger partial charge in [-0.1, -0.05) is 6.07 Å². The summed E-state index contributed by atoms with van der Waals surface area (Å²) in [7, 11) is 0. The summed E-state index contributed by atoms with van der Waals surface area (Å²) in [6.45, 7) is 2.06. The van der Waals surface area contributed by atoms with Crippen LogP contribution in [0, 0.1) is 0 Å². The molecule has 0 aliphatic carbocycles. The highest BCUT2D eigenvalue weighted by atomic mass is 32.2. The summed E-state index contributed by atoms with van der Waals surface area (Å²) in [6.07, 6.45) is 6.64. The molecular weight excluding hydrogens is 398 g/mol. The van der Waals surface area contributed by atoms with Gasteiger partial charge in [-0.15, -0.1) is 11.3 Å². The topological polar surface area (TPSA) is 86.7 Å². The third kappa shape index (κ3) is 3.92. The zero-order valence-corrected chi connectivity index (χ0v) is 16.5. The summed E-state index contributed by atoms with van der Waals surface area (Å²) >= 11 is 2.37. The zero-order valence-electron chi connectivity index (χ0n) is 14.9. The van der Waals surface area contributed by atoms with Crippen molar-refractivity contribution in [3.8, 4) is 0 Å². The maximum absolute atomic E-state index is 12.6. The van der Waals surface area contributed by atoms with Gasteiger partial charge in [0.2, 0.25) is 5.91 Å². The van der Waals surface area contributed by atoms with Crippen molar-refractivity contribution in [2.75, 3.05) is 37.6 Å². The second-order valence-electron chi connectivity index (χ2n) is 6.21. The van der Waals surface area contributed by atoms with Crippen LogP contribution < -0.4 is 4.90 Å². The predicted octanol–water partition coefficient (Wildman–Crippen LogP) is 1.92. The van der Waals surface area contributed by atoms with E-state index in [0.717, 1.165) is 27.4 Å². The lowest BCUT2D eigenvalue weighted by Gasteiger charge is -2.35. The van der Waals surface area contributed by atoms with Gasteiger partial charge in [0.05, 0.1) is 11.1 Å². The lowest BCUT2D eigenvalue weighted by molar-refractivity contribution is -0.136. The highest BCUT2D eigenvalue weighted by Crippen LogP contribution is 2.32. The maximum Gasteiger partial charge on any atom is 0.294 e. The molecule has 144 valence electrons. The van der Waals surface area contributed by atoms with Crippen molar-refractivity contribution < 1.29 is 14.4 Å². The van der Waals surface area contributed by atoms with E-state index in [1.807, 2.05) is 17.5 Å². The van der Waals surface area contributed by atoms with E-state index >= 15 is 0 Å². The summed E-state index contributed by atoms with van der Waals surface area (Å²) in [4.78, 5) is 51.7. The Hall–Kier alpha value is -2.72.